The molecule has 0 radical (unpaired) electrons. The van der Waals surface area contributed by atoms with Gasteiger partial charge in [-0.3, -0.25) is 4.79 Å². The number of carboxylic acid groups (broad SMARTS) is 1. The third kappa shape index (κ3) is 5.74. The van der Waals surface area contributed by atoms with Gasteiger partial charge in [-0.25, -0.2) is 19.2 Å². The molecule has 12 heteroatoms. The van der Waals surface area contributed by atoms with Gasteiger partial charge in [0.1, 0.15) is 11.6 Å². The summed E-state index contributed by atoms with van der Waals surface area (Å²) in [5.74, 6) is -0.275. The molecule has 1 aliphatic heterocycles. The van der Waals surface area contributed by atoms with Crippen LogP contribution in [0.1, 0.15) is 75.9 Å². The molecule has 0 fully saturated rings. The minimum atomic E-state index is -0.946. The lowest BCUT2D eigenvalue weighted by molar-refractivity contribution is 0.0912. The number of benzene rings is 1. The Morgan fingerprint density at radius 1 is 1.12 bits per heavy atom. The van der Waals surface area contributed by atoms with Crippen molar-refractivity contribution in [2.45, 2.75) is 59.9 Å². The maximum Gasteiger partial charge on any atom is 0.407 e. The Kier molecular flexibility index (Phi) is 7.33. The van der Waals surface area contributed by atoms with Crippen LogP contribution in [0.3, 0.4) is 0 Å². The van der Waals surface area contributed by atoms with E-state index in [2.05, 4.69) is 46.3 Å². The van der Waals surface area contributed by atoms with Crippen LogP contribution in [0.4, 0.5) is 9.18 Å². The van der Waals surface area contributed by atoms with Crippen molar-refractivity contribution in [3.63, 3.8) is 0 Å². The van der Waals surface area contributed by atoms with Gasteiger partial charge in [-0.05, 0) is 40.7 Å². The molecule has 4 heterocycles. The van der Waals surface area contributed by atoms with Crippen LogP contribution < -0.4 is 5.32 Å². The van der Waals surface area contributed by atoms with Crippen LogP contribution in [0.25, 0.3) is 27.9 Å². The molecule has 5 rings (SSSR count). The molecule has 220 valence electrons. The minimum Gasteiger partial charge on any atom is -0.465 e. The Hall–Kier alpha value is -4.61. The van der Waals surface area contributed by atoms with E-state index < -0.39 is 23.2 Å². The van der Waals surface area contributed by atoms with Gasteiger partial charge in [-0.15, -0.1) is 10.2 Å². The minimum absolute atomic E-state index is 0.0603. The lowest BCUT2D eigenvalue weighted by Crippen LogP contribution is -2.38. The fourth-order valence-electron chi connectivity index (χ4n) is 4.90. The highest BCUT2D eigenvalue weighted by molar-refractivity contribution is 5.91. The molecule has 42 heavy (non-hydrogen) atoms. The SMILES string of the molecule is CC(C)(C)C1=C(c2nc3nccc(-c4ccc(CNC(=O)c5nnc(C(C)(C)C)o5)c(F)c4)c3[nH]2)CCN(C(=O)O)C1. The molecule has 3 aromatic heterocycles. The second-order valence-electron chi connectivity index (χ2n) is 12.5. The summed E-state index contributed by atoms with van der Waals surface area (Å²) in [4.78, 5) is 38.1. The zero-order chi connectivity index (χ0) is 30.4. The van der Waals surface area contributed by atoms with Gasteiger partial charge in [0.15, 0.2) is 5.65 Å². The first-order valence-electron chi connectivity index (χ1n) is 13.7. The molecule has 0 bridgehead atoms. The topological polar surface area (TPSA) is 150 Å². The van der Waals surface area contributed by atoms with Gasteiger partial charge in [0.25, 0.3) is 0 Å². The molecule has 0 atom stereocenters. The summed E-state index contributed by atoms with van der Waals surface area (Å²) < 4.78 is 20.7. The highest BCUT2D eigenvalue weighted by Gasteiger charge is 2.31. The number of hydrogen-bond donors (Lipinski definition) is 3. The number of nitrogens with zero attached hydrogens (tertiary/aromatic N) is 5. The molecule has 3 N–H and O–H groups in total. The number of nitrogens with one attached hydrogen (secondary N) is 2. The number of carbonyl (C=O) groups is 2. The zero-order valence-electron chi connectivity index (χ0n) is 24.5. The van der Waals surface area contributed by atoms with E-state index in [4.69, 9.17) is 9.40 Å². The number of pyridine rings is 1. The fourth-order valence-corrected chi connectivity index (χ4v) is 4.90. The second kappa shape index (κ2) is 10.7. The molecule has 4 aromatic rings. The predicted molar refractivity (Wildman–Crippen MR) is 154 cm³/mol. The number of imidazole rings is 1. The van der Waals surface area contributed by atoms with Crippen LogP contribution in [0.15, 0.2) is 40.5 Å². The van der Waals surface area contributed by atoms with Crippen LogP contribution in [-0.2, 0) is 12.0 Å². The monoisotopic (exact) mass is 575 g/mol. The third-order valence-electron chi connectivity index (χ3n) is 7.26. The van der Waals surface area contributed by atoms with Crippen molar-refractivity contribution in [3.8, 4) is 11.1 Å². The largest absolute Gasteiger partial charge is 0.465 e. The van der Waals surface area contributed by atoms with Crippen LogP contribution >= 0.6 is 0 Å². The smallest absolute Gasteiger partial charge is 0.407 e. The van der Waals surface area contributed by atoms with E-state index in [0.29, 0.717) is 53.5 Å². The molecule has 0 saturated heterocycles. The number of halogens is 1. The van der Waals surface area contributed by atoms with Crippen molar-refractivity contribution in [3.05, 3.63) is 65.0 Å². The van der Waals surface area contributed by atoms with Gasteiger partial charge in [0.05, 0.1) is 5.52 Å². The number of aromatic amines is 1. The van der Waals surface area contributed by atoms with E-state index in [9.17, 15) is 14.7 Å². The van der Waals surface area contributed by atoms with Crippen molar-refractivity contribution in [2.24, 2.45) is 5.41 Å². The van der Waals surface area contributed by atoms with Crippen molar-refractivity contribution in [2.75, 3.05) is 13.1 Å². The second-order valence-corrected chi connectivity index (χ2v) is 12.5. The Balaban J connectivity index is 1.40. The van der Waals surface area contributed by atoms with Crippen molar-refractivity contribution in [1.29, 1.82) is 0 Å². The van der Waals surface area contributed by atoms with Gasteiger partial charge < -0.3 is 24.7 Å². The Labute approximate surface area is 242 Å². The Morgan fingerprint density at radius 2 is 1.88 bits per heavy atom. The summed E-state index contributed by atoms with van der Waals surface area (Å²) in [5, 5.41) is 19.9. The quantitative estimate of drug-likeness (QED) is 0.280. The molecule has 2 amide bonds. The highest BCUT2D eigenvalue weighted by atomic mass is 19.1. The zero-order valence-corrected chi connectivity index (χ0v) is 24.5. The number of carbonyl (C=O) groups excluding carboxylic acids is 1. The molecular weight excluding hydrogens is 541 g/mol. The van der Waals surface area contributed by atoms with Gasteiger partial charge in [-0.1, -0.05) is 53.7 Å². The number of H-pyrrole nitrogens is 1. The van der Waals surface area contributed by atoms with Crippen LogP contribution in [0, 0.1) is 11.2 Å². The molecule has 0 aliphatic carbocycles. The van der Waals surface area contributed by atoms with E-state index in [0.717, 1.165) is 16.7 Å². The van der Waals surface area contributed by atoms with Crippen LogP contribution in [0.2, 0.25) is 0 Å². The van der Waals surface area contributed by atoms with Gasteiger partial charge in [0, 0.05) is 42.4 Å². The molecular formula is C30H34FN7O4. The van der Waals surface area contributed by atoms with Crippen molar-refractivity contribution >= 4 is 28.7 Å². The molecule has 11 nitrogen and oxygen atoms in total. The standard InChI is InChI=1S/C30H34FN7O4/c1-29(2,3)20-15-38(28(40)41)12-10-19(20)23-34-22-18(9-11-32-24(22)35-23)16-7-8-17(21(31)13-16)14-33-25(39)26-36-37-27(42-26)30(4,5)6/h7-9,11,13H,10,12,14-15H2,1-6H3,(H,33,39)(H,40,41)(H,32,34,35). The summed E-state index contributed by atoms with van der Waals surface area (Å²) in [6.45, 7) is 12.5. The van der Waals surface area contributed by atoms with Crippen LogP contribution in [0.5, 0.6) is 0 Å². The van der Waals surface area contributed by atoms with Crippen molar-refractivity contribution < 1.29 is 23.5 Å². The maximum atomic E-state index is 15.2. The normalized spacial score (nSPS) is 14.5. The number of fused-ring (bicyclic) bond motifs is 1. The first-order chi connectivity index (χ1) is 19.7. The summed E-state index contributed by atoms with van der Waals surface area (Å²) in [6.07, 6.45) is 1.19. The number of rotatable bonds is 5. The summed E-state index contributed by atoms with van der Waals surface area (Å²) in [7, 11) is 0. The van der Waals surface area contributed by atoms with Crippen LogP contribution in [-0.4, -0.2) is 60.2 Å². The average molecular weight is 576 g/mol. The number of hydrogen-bond acceptors (Lipinski definition) is 7. The summed E-state index contributed by atoms with van der Waals surface area (Å²) >= 11 is 0. The number of aromatic nitrogens is 5. The number of amides is 2. The van der Waals surface area contributed by atoms with E-state index in [-0.39, 0.29) is 17.9 Å². The van der Waals surface area contributed by atoms with E-state index in [1.165, 1.54) is 11.0 Å². The van der Waals surface area contributed by atoms with E-state index in [1.807, 2.05) is 20.8 Å². The molecule has 0 saturated carbocycles. The highest BCUT2D eigenvalue weighted by Crippen LogP contribution is 2.38. The lowest BCUT2D eigenvalue weighted by atomic mass is 9.80. The molecule has 0 unspecified atom stereocenters. The predicted octanol–water partition coefficient (Wildman–Crippen LogP) is 5.56. The summed E-state index contributed by atoms with van der Waals surface area (Å²) in [5.41, 5.74) is 4.05. The average Bonchev–Trinajstić information content (AvgIpc) is 3.59. The van der Waals surface area contributed by atoms with Gasteiger partial charge in [-0.2, -0.15) is 0 Å². The van der Waals surface area contributed by atoms with Gasteiger partial charge >= 0.3 is 17.9 Å². The van der Waals surface area contributed by atoms with E-state index in [1.54, 1.807) is 24.4 Å². The molecule has 0 spiro atoms. The Bertz CT molecular complexity index is 1710. The Morgan fingerprint density at radius 3 is 2.52 bits per heavy atom. The fraction of sp³-hybridized carbons (Fsp3) is 0.400. The molecule has 1 aliphatic rings. The third-order valence-corrected chi connectivity index (χ3v) is 7.26. The van der Waals surface area contributed by atoms with Crippen molar-refractivity contribution in [1.82, 2.24) is 35.4 Å². The summed E-state index contributed by atoms with van der Waals surface area (Å²) in [6, 6.07) is 6.58. The van der Waals surface area contributed by atoms with E-state index >= 15 is 4.39 Å². The molecule has 1 aromatic carbocycles. The lowest BCUT2D eigenvalue weighted by Gasteiger charge is -2.35. The first kappa shape index (κ1) is 28.9. The maximum absolute atomic E-state index is 15.2. The first-order valence-corrected chi connectivity index (χ1v) is 13.7. The van der Waals surface area contributed by atoms with Gasteiger partial charge in [0.2, 0.25) is 5.89 Å².